The fourth-order valence-corrected chi connectivity index (χ4v) is 5.31. The Morgan fingerprint density at radius 1 is 0.938 bits per heavy atom. The Balaban J connectivity index is 1.56. The molecule has 1 atom stereocenters. The lowest BCUT2D eigenvalue weighted by Crippen LogP contribution is -2.11. The fourth-order valence-electron chi connectivity index (χ4n) is 5.31. The van der Waals surface area contributed by atoms with E-state index in [2.05, 4.69) is 50.3 Å². The second-order valence-electron chi connectivity index (χ2n) is 9.43. The van der Waals surface area contributed by atoms with Crippen LogP contribution >= 0.6 is 0 Å². The van der Waals surface area contributed by atoms with Crippen molar-refractivity contribution in [2.45, 2.75) is 71.1 Å². The Morgan fingerprint density at radius 3 is 2.31 bits per heavy atom. The molecule has 1 unspecified atom stereocenters. The minimum Gasteiger partial charge on any atom is -0.203 e. The lowest BCUT2D eigenvalue weighted by Gasteiger charge is -2.27. The van der Waals surface area contributed by atoms with Gasteiger partial charge in [0.15, 0.2) is 11.6 Å². The van der Waals surface area contributed by atoms with Crippen LogP contribution in [0.3, 0.4) is 0 Å². The second kappa shape index (κ2) is 9.98. The molecule has 0 heterocycles. The van der Waals surface area contributed by atoms with E-state index in [1.807, 2.05) is 25.1 Å². The molecule has 0 nitrogen and oxygen atoms in total. The molecule has 32 heavy (non-hydrogen) atoms. The first-order valence-corrected chi connectivity index (χ1v) is 12.1. The highest BCUT2D eigenvalue weighted by atomic mass is 19.2. The third kappa shape index (κ3) is 4.65. The molecule has 0 aliphatic heterocycles. The van der Waals surface area contributed by atoms with Gasteiger partial charge in [0.1, 0.15) is 0 Å². The summed E-state index contributed by atoms with van der Waals surface area (Å²) in [6, 6.07) is 16.2. The molecule has 168 valence electrons. The predicted octanol–water partition coefficient (Wildman–Crippen LogP) is 9.07. The van der Waals surface area contributed by atoms with Crippen LogP contribution in [0, 0.1) is 17.6 Å². The van der Waals surface area contributed by atoms with Crippen molar-refractivity contribution in [1.82, 2.24) is 0 Å². The minimum absolute atomic E-state index is 0.205. The van der Waals surface area contributed by atoms with Gasteiger partial charge in [-0.15, -0.1) is 0 Å². The summed E-state index contributed by atoms with van der Waals surface area (Å²) in [6.07, 6.45) is 11.3. The Morgan fingerprint density at radius 2 is 1.66 bits per heavy atom. The Labute approximate surface area is 191 Å². The summed E-state index contributed by atoms with van der Waals surface area (Å²) in [5, 5.41) is 1.15. The van der Waals surface area contributed by atoms with Gasteiger partial charge in [-0.05, 0) is 90.6 Å². The SMILES string of the molecule is C/C=C/C1CCC(c2ccc(C(C)c3cc4ccc(CCC)cc4c(F)c3F)cc2)CC1. The molecule has 4 rings (SSSR count). The van der Waals surface area contributed by atoms with Gasteiger partial charge in [0.2, 0.25) is 0 Å². The Bertz CT molecular complexity index is 1090. The van der Waals surface area contributed by atoms with Crippen LogP contribution in [0.1, 0.15) is 87.0 Å². The zero-order valence-electron chi connectivity index (χ0n) is 19.5. The monoisotopic (exact) mass is 432 g/mol. The molecule has 0 bridgehead atoms. The van der Waals surface area contributed by atoms with Gasteiger partial charge >= 0.3 is 0 Å². The van der Waals surface area contributed by atoms with E-state index in [0.29, 0.717) is 16.9 Å². The van der Waals surface area contributed by atoms with Crippen molar-refractivity contribution in [2.75, 3.05) is 0 Å². The van der Waals surface area contributed by atoms with Crippen molar-refractivity contribution in [3.05, 3.63) is 94.6 Å². The van der Waals surface area contributed by atoms with Gasteiger partial charge in [-0.1, -0.05) is 68.8 Å². The van der Waals surface area contributed by atoms with Crippen molar-refractivity contribution < 1.29 is 8.78 Å². The third-order valence-electron chi connectivity index (χ3n) is 7.26. The molecular weight excluding hydrogens is 398 g/mol. The van der Waals surface area contributed by atoms with Crippen molar-refractivity contribution in [2.24, 2.45) is 5.92 Å². The molecule has 1 aliphatic rings. The summed E-state index contributed by atoms with van der Waals surface area (Å²) in [5.74, 6) is -0.321. The number of allylic oxidation sites excluding steroid dienone is 2. The molecule has 2 heteroatoms. The van der Waals surface area contributed by atoms with E-state index >= 15 is 4.39 Å². The van der Waals surface area contributed by atoms with Crippen molar-refractivity contribution in [1.29, 1.82) is 0 Å². The number of aryl methyl sites for hydroxylation is 1. The van der Waals surface area contributed by atoms with Crippen LogP contribution in [0.25, 0.3) is 10.8 Å². The highest BCUT2D eigenvalue weighted by Gasteiger charge is 2.22. The Hall–Kier alpha value is -2.48. The van der Waals surface area contributed by atoms with Crippen LogP contribution in [0.4, 0.5) is 8.78 Å². The highest BCUT2D eigenvalue weighted by molar-refractivity contribution is 5.85. The average Bonchev–Trinajstić information content (AvgIpc) is 2.82. The zero-order chi connectivity index (χ0) is 22.7. The fraction of sp³-hybridized carbons (Fsp3) is 0.400. The number of rotatable bonds is 6. The number of fused-ring (bicyclic) bond motifs is 1. The van der Waals surface area contributed by atoms with E-state index in [1.165, 1.54) is 31.2 Å². The lowest BCUT2D eigenvalue weighted by atomic mass is 9.78. The van der Waals surface area contributed by atoms with Gasteiger partial charge in [-0.25, -0.2) is 8.78 Å². The van der Waals surface area contributed by atoms with Gasteiger partial charge in [-0.2, -0.15) is 0 Å². The molecule has 0 aromatic heterocycles. The lowest BCUT2D eigenvalue weighted by molar-refractivity contribution is 0.375. The molecular formula is C30H34F2. The summed E-state index contributed by atoms with van der Waals surface area (Å²) >= 11 is 0. The summed E-state index contributed by atoms with van der Waals surface area (Å²) < 4.78 is 30.0. The van der Waals surface area contributed by atoms with E-state index in [9.17, 15) is 4.39 Å². The maximum absolute atomic E-state index is 15.1. The molecule has 1 aliphatic carbocycles. The van der Waals surface area contributed by atoms with E-state index < -0.39 is 11.6 Å². The smallest absolute Gasteiger partial charge is 0.166 e. The van der Waals surface area contributed by atoms with Crippen LogP contribution in [0.15, 0.2) is 60.7 Å². The molecule has 0 amide bonds. The van der Waals surface area contributed by atoms with Crippen molar-refractivity contribution in [3.8, 4) is 0 Å². The number of benzene rings is 3. The average molecular weight is 433 g/mol. The van der Waals surface area contributed by atoms with Gasteiger partial charge < -0.3 is 0 Å². The van der Waals surface area contributed by atoms with Crippen molar-refractivity contribution >= 4 is 10.8 Å². The maximum atomic E-state index is 15.1. The zero-order valence-corrected chi connectivity index (χ0v) is 19.5. The summed E-state index contributed by atoms with van der Waals surface area (Å²) in [6.45, 7) is 6.15. The predicted molar refractivity (Wildman–Crippen MR) is 131 cm³/mol. The quantitative estimate of drug-likeness (QED) is 0.341. The third-order valence-corrected chi connectivity index (χ3v) is 7.26. The molecule has 0 N–H and O–H groups in total. The Kier molecular flexibility index (Phi) is 7.08. The second-order valence-corrected chi connectivity index (χ2v) is 9.43. The normalized spacial score (nSPS) is 20.2. The largest absolute Gasteiger partial charge is 0.203 e. The van der Waals surface area contributed by atoms with E-state index in [4.69, 9.17) is 0 Å². The standard InChI is InChI=1S/C30H34F2/c1-4-6-21-8-11-24(12-9-21)25-16-14-23(15-17-25)20(3)27-19-26-13-10-22(7-5-2)18-28(26)30(32)29(27)31/h4,6,10,13-21,24H,5,7-9,11-12H2,1-3H3/b6-4+. The molecule has 3 aromatic rings. The maximum Gasteiger partial charge on any atom is 0.166 e. The molecule has 0 spiro atoms. The molecule has 1 saturated carbocycles. The topological polar surface area (TPSA) is 0 Å². The van der Waals surface area contributed by atoms with Crippen LogP contribution in [-0.2, 0) is 6.42 Å². The molecule has 0 saturated heterocycles. The first kappa shape index (κ1) is 22.7. The van der Waals surface area contributed by atoms with E-state index in [0.717, 1.165) is 35.3 Å². The first-order chi connectivity index (χ1) is 15.5. The van der Waals surface area contributed by atoms with Gasteiger partial charge in [-0.3, -0.25) is 0 Å². The number of hydrogen-bond donors (Lipinski definition) is 0. The summed E-state index contributed by atoms with van der Waals surface area (Å²) in [7, 11) is 0. The van der Waals surface area contributed by atoms with E-state index in [1.54, 1.807) is 6.07 Å². The number of hydrogen-bond acceptors (Lipinski definition) is 0. The van der Waals surface area contributed by atoms with Crippen LogP contribution in [0.2, 0.25) is 0 Å². The van der Waals surface area contributed by atoms with Crippen LogP contribution in [-0.4, -0.2) is 0 Å². The van der Waals surface area contributed by atoms with Gasteiger partial charge in [0.25, 0.3) is 0 Å². The first-order valence-electron chi connectivity index (χ1n) is 12.1. The molecule has 1 fully saturated rings. The highest BCUT2D eigenvalue weighted by Crippen LogP contribution is 2.38. The number of halogens is 2. The van der Waals surface area contributed by atoms with Gasteiger partial charge in [0.05, 0.1) is 0 Å². The van der Waals surface area contributed by atoms with Crippen molar-refractivity contribution in [3.63, 3.8) is 0 Å². The van der Waals surface area contributed by atoms with Crippen LogP contribution in [0.5, 0.6) is 0 Å². The van der Waals surface area contributed by atoms with Crippen LogP contribution < -0.4 is 0 Å². The van der Waals surface area contributed by atoms with E-state index in [-0.39, 0.29) is 5.92 Å². The minimum atomic E-state index is -0.725. The summed E-state index contributed by atoms with van der Waals surface area (Å²) in [5.41, 5.74) is 3.87. The van der Waals surface area contributed by atoms with Gasteiger partial charge in [0, 0.05) is 11.3 Å². The molecule has 0 radical (unpaired) electrons. The molecule has 3 aromatic carbocycles. The summed E-state index contributed by atoms with van der Waals surface area (Å²) in [4.78, 5) is 0.